The molecule has 0 radical (unpaired) electrons. The lowest BCUT2D eigenvalue weighted by molar-refractivity contribution is -0.123. The maximum absolute atomic E-state index is 12.2. The lowest BCUT2D eigenvalue weighted by Gasteiger charge is -2.20. The predicted octanol–water partition coefficient (Wildman–Crippen LogP) is 2.85. The van der Waals surface area contributed by atoms with Gasteiger partial charge in [0.2, 0.25) is 5.91 Å². The SMILES string of the molecule is CC(C)C(=O)NCCNC(=O)NC(c1ccccc1)c1ccccc1. The van der Waals surface area contributed by atoms with E-state index in [4.69, 9.17) is 0 Å². The van der Waals surface area contributed by atoms with Crippen molar-refractivity contribution < 1.29 is 9.59 Å². The van der Waals surface area contributed by atoms with Gasteiger partial charge in [0.15, 0.2) is 0 Å². The Hall–Kier alpha value is -2.82. The van der Waals surface area contributed by atoms with E-state index in [9.17, 15) is 9.59 Å². The van der Waals surface area contributed by atoms with E-state index in [2.05, 4.69) is 16.0 Å². The average molecular weight is 339 g/mol. The van der Waals surface area contributed by atoms with E-state index < -0.39 is 0 Å². The van der Waals surface area contributed by atoms with Crippen molar-refractivity contribution in [2.75, 3.05) is 13.1 Å². The van der Waals surface area contributed by atoms with Crippen molar-refractivity contribution in [2.24, 2.45) is 5.92 Å². The fraction of sp³-hybridized carbons (Fsp3) is 0.300. The summed E-state index contributed by atoms with van der Waals surface area (Å²) in [5.74, 6) is -0.0805. The minimum absolute atomic E-state index is 0.0198. The summed E-state index contributed by atoms with van der Waals surface area (Å²) >= 11 is 0. The predicted molar refractivity (Wildman–Crippen MR) is 99.1 cm³/mol. The van der Waals surface area contributed by atoms with Crippen LogP contribution in [0.15, 0.2) is 60.7 Å². The summed E-state index contributed by atoms with van der Waals surface area (Å²) < 4.78 is 0. The highest BCUT2D eigenvalue weighted by atomic mass is 16.2. The molecule has 0 aliphatic rings. The zero-order valence-corrected chi connectivity index (χ0v) is 14.7. The van der Waals surface area contributed by atoms with E-state index in [0.29, 0.717) is 13.1 Å². The molecule has 5 heteroatoms. The van der Waals surface area contributed by atoms with Gasteiger partial charge in [-0.25, -0.2) is 4.79 Å². The Morgan fingerprint density at radius 3 is 1.76 bits per heavy atom. The van der Waals surface area contributed by atoms with Crippen molar-refractivity contribution in [2.45, 2.75) is 19.9 Å². The normalized spacial score (nSPS) is 10.6. The first-order chi connectivity index (χ1) is 12.1. The number of hydrogen-bond acceptors (Lipinski definition) is 2. The topological polar surface area (TPSA) is 70.2 Å². The van der Waals surface area contributed by atoms with Crippen LogP contribution in [-0.4, -0.2) is 25.0 Å². The fourth-order valence-corrected chi connectivity index (χ4v) is 2.40. The largest absolute Gasteiger partial charge is 0.354 e. The molecule has 0 atom stereocenters. The maximum atomic E-state index is 12.2. The Morgan fingerprint density at radius 2 is 1.28 bits per heavy atom. The molecule has 132 valence electrons. The third-order valence-electron chi connectivity index (χ3n) is 3.78. The molecule has 0 fully saturated rings. The minimum atomic E-state index is -0.267. The molecule has 0 spiro atoms. The Morgan fingerprint density at radius 1 is 0.800 bits per heavy atom. The molecule has 2 rings (SSSR count). The average Bonchev–Trinajstić information content (AvgIpc) is 2.64. The molecule has 0 aromatic heterocycles. The van der Waals surface area contributed by atoms with Gasteiger partial charge in [-0.15, -0.1) is 0 Å². The molecule has 3 amide bonds. The first kappa shape index (κ1) is 18.5. The molecule has 0 heterocycles. The zero-order valence-electron chi connectivity index (χ0n) is 14.7. The van der Waals surface area contributed by atoms with Crippen LogP contribution < -0.4 is 16.0 Å². The van der Waals surface area contributed by atoms with Crippen molar-refractivity contribution in [3.63, 3.8) is 0 Å². The van der Waals surface area contributed by atoms with Gasteiger partial charge in [-0.05, 0) is 11.1 Å². The van der Waals surface area contributed by atoms with Gasteiger partial charge < -0.3 is 16.0 Å². The molecular weight excluding hydrogens is 314 g/mol. The van der Waals surface area contributed by atoms with Crippen molar-refractivity contribution in [3.8, 4) is 0 Å². The number of urea groups is 1. The molecule has 0 aliphatic heterocycles. The van der Waals surface area contributed by atoms with Crippen LogP contribution in [-0.2, 0) is 4.79 Å². The van der Waals surface area contributed by atoms with Gasteiger partial charge in [0.25, 0.3) is 0 Å². The zero-order chi connectivity index (χ0) is 18.1. The lowest BCUT2D eigenvalue weighted by Crippen LogP contribution is -2.42. The molecule has 0 saturated heterocycles. The molecule has 0 saturated carbocycles. The summed E-state index contributed by atoms with van der Waals surface area (Å²) in [7, 11) is 0. The highest BCUT2D eigenvalue weighted by molar-refractivity contribution is 5.78. The van der Waals surface area contributed by atoms with Crippen LogP contribution >= 0.6 is 0 Å². The highest BCUT2D eigenvalue weighted by Crippen LogP contribution is 2.21. The van der Waals surface area contributed by atoms with Crippen LogP contribution in [0.3, 0.4) is 0 Å². The minimum Gasteiger partial charge on any atom is -0.354 e. The molecular formula is C20H25N3O2. The Bertz CT molecular complexity index is 632. The van der Waals surface area contributed by atoms with E-state index in [1.807, 2.05) is 74.5 Å². The second-order valence-corrected chi connectivity index (χ2v) is 6.10. The van der Waals surface area contributed by atoms with Crippen LogP contribution in [0.2, 0.25) is 0 Å². The van der Waals surface area contributed by atoms with Crippen LogP contribution in [0, 0.1) is 5.92 Å². The van der Waals surface area contributed by atoms with Gasteiger partial charge in [0, 0.05) is 19.0 Å². The van der Waals surface area contributed by atoms with Crippen LogP contribution in [0.1, 0.15) is 31.0 Å². The van der Waals surface area contributed by atoms with Gasteiger partial charge in [0.05, 0.1) is 6.04 Å². The second kappa shape index (κ2) is 9.47. The monoisotopic (exact) mass is 339 g/mol. The Kier molecular flexibility index (Phi) is 7.01. The maximum Gasteiger partial charge on any atom is 0.315 e. The van der Waals surface area contributed by atoms with Gasteiger partial charge >= 0.3 is 6.03 Å². The Balaban J connectivity index is 1.93. The summed E-state index contributed by atoms with van der Waals surface area (Å²) in [5, 5.41) is 8.55. The van der Waals surface area contributed by atoms with Crippen molar-refractivity contribution >= 4 is 11.9 Å². The molecule has 5 nitrogen and oxygen atoms in total. The third-order valence-corrected chi connectivity index (χ3v) is 3.78. The highest BCUT2D eigenvalue weighted by Gasteiger charge is 2.16. The summed E-state index contributed by atoms with van der Waals surface area (Å²) in [6.07, 6.45) is 0. The first-order valence-corrected chi connectivity index (χ1v) is 8.50. The number of amides is 3. The summed E-state index contributed by atoms with van der Waals surface area (Å²) in [6, 6.07) is 19.1. The number of rotatable bonds is 7. The molecule has 0 aliphatic carbocycles. The Labute approximate surface area is 148 Å². The van der Waals surface area contributed by atoms with E-state index in [1.165, 1.54) is 0 Å². The van der Waals surface area contributed by atoms with E-state index in [0.717, 1.165) is 11.1 Å². The number of carbonyl (C=O) groups is 2. The van der Waals surface area contributed by atoms with Gasteiger partial charge in [-0.3, -0.25) is 4.79 Å². The van der Waals surface area contributed by atoms with Crippen molar-refractivity contribution in [1.82, 2.24) is 16.0 Å². The van der Waals surface area contributed by atoms with E-state index in [-0.39, 0.29) is 23.9 Å². The van der Waals surface area contributed by atoms with Crippen molar-refractivity contribution in [1.29, 1.82) is 0 Å². The first-order valence-electron chi connectivity index (χ1n) is 8.50. The summed E-state index contributed by atoms with van der Waals surface area (Å²) in [4.78, 5) is 23.7. The lowest BCUT2D eigenvalue weighted by atomic mass is 9.99. The van der Waals surface area contributed by atoms with Gasteiger partial charge in [-0.1, -0.05) is 74.5 Å². The van der Waals surface area contributed by atoms with Crippen LogP contribution in [0.4, 0.5) is 4.79 Å². The van der Waals surface area contributed by atoms with Crippen LogP contribution in [0.5, 0.6) is 0 Å². The second-order valence-electron chi connectivity index (χ2n) is 6.10. The van der Waals surface area contributed by atoms with Crippen molar-refractivity contribution in [3.05, 3.63) is 71.8 Å². The van der Waals surface area contributed by atoms with Gasteiger partial charge in [0.1, 0.15) is 0 Å². The summed E-state index contributed by atoms with van der Waals surface area (Å²) in [6.45, 7) is 4.45. The quantitative estimate of drug-likeness (QED) is 0.679. The number of benzene rings is 2. The number of nitrogens with one attached hydrogen (secondary N) is 3. The fourth-order valence-electron chi connectivity index (χ4n) is 2.40. The number of hydrogen-bond donors (Lipinski definition) is 3. The molecule has 25 heavy (non-hydrogen) atoms. The molecule has 0 bridgehead atoms. The smallest absolute Gasteiger partial charge is 0.315 e. The standard InChI is InChI=1S/C20H25N3O2/c1-15(2)19(24)21-13-14-22-20(25)23-18(16-9-5-3-6-10-16)17-11-7-4-8-12-17/h3-12,15,18H,13-14H2,1-2H3,(H,21,24)(H2,22,23,25). The van der Waals surface area contributed by atoms with E-state index in [1.54, 1.807) is 0 Å². The molecule has 3 N–H and O–H groups in total. The molecule has 2 aromatic carbocycles. The van der Waals surface area contributed by atoms with Crippen LogP contribution in [0.25, 0.3) is 0 Å². The summed E-state index contributed by atoms with van der Waals surface area (Å²) in [5.41, 5.74) is 2.02. The molecule has 0 unspecified atom stereocenters. The third kappa shape index (κ3) is 5.95. The van der Waals surface area contributed by atoms with E-state index >= 15 is 0 Å². The number of carbonyl (C=O) groups excluding carboxylic acids is 2. The van der Waals surface area contributed by atoms with Gasteiger partial charge in [-0.2, -0.15) is 0 Å². The molecule has 2 aromatic rings.